The Labute approximate surface area is 105 Å². The molecule has 90 valence electrons. The van der Waals surface area contributed by atoms with Crippen molar-refractivity contribution >= 4 is 35.6 Å². The van der Waals surface area contributed by atoms with Gasteiger partial charge in [0.1, 0.15) is 6.29 Å². The predicted octanol–water partition coefficient (Wildman–Crippen LogP) is 2.86. The number of carbonyl (C=O) groups is 2. The first kappa shape index (κ1) is 13.5. The van der Waals surface area contributed by atoms with Gasteiger partial charge in [-0.1, -0.05) is 24.3 Å². The maximum atomic E-state index is 11.3. The second-order valence-corrected chi connectivity index (χ2v) is 3.79. The Morgan fingerprint density at radius 2 is 2.00 bits per heavy atom. The lowest BCUT2D eigenvalue weighted by Gasteiger charge is -2.03. The fourth-order valence-corrected chi connectivity index (χ4v) is 1.42. The number of rotatable bonds is 6. The molecule has 0 atom stereocenters. The summed E-state index contributed by atoms with van der Waals surface area (Å²) < 4.78 is 0. The van der Waals surface area contributed by atoms with Gasteiger partial charge in [-0.15, -0.1) is 11.6 Å². The largest absolute Gasteiger partial charge is 0.326 e. The van der Waals surface area contributed by atoms with Crippen LogP contribution in [-0.4, -0.2) is 18.1 Å². The smallest absolute Gasteiger partial charge is 0.225 e. The van der Waals surface area contributed by atoms with E-state index in [0.29, 0.717) is 18.7 Å². The highest BCUT2D eigenvalue weighted by Crippen LogP contribution is 2.11. The summed E-state index contributed by atoms with van der Waals surface area (Å²) >= 11 is 5.46. The maximum absolute atomic E-state index is 11.3. The number of halogens is 1. The number of nitrogens with one attached hydrogen (secondary N) is 1. The van der Waals surface area contributed by atoms with Gasteiger partial charge in [-0.3, -0.25) is 4.79 Å². The minimum atomic E-state index is -0.0933. The van der Waals surface area contributed by atoms with Gasteiger partial charge < -0.3 is 10.1 Å². The third kappa shape index (κ3) is 5.31. The van der Waals surface area contributed by atoms with Crippen LogP contribution in [0, 0.1) is 0 Å². The van der Waals surface area contributed by atoms with Crippen LogP contribution < -0.4 is 5.32 Å². The molecule has 0 bridgehead atoms. The standard InChI is InChI=1S/C13H14ClNO2/c14-9-8-13(17)15-12-6-4-11(5-7-12)3-1-2-10-16/h1,3-7,10H,2,8-9H2,(H,15,17). The molecule has 0 aliphatic heterocycles. The first-order valence-electron chi connectivity index (χ1n) is 5.32. The second kappa shape index (κ2) is 7.63. The molecule has 0 saturated heterocycles. The molecular weight excluding hydrogens is 238 g/mol. The fraction of sp³-hybridized carbons (Fsp3) is 0.231. The van der Waals surface area contributed by atoms with Gasteiger partial charge in [0.25, 0.3) is 0 Å². The molecule has 0 aliphatic rings. The summed E-state index contributed by atoms with van der Waals surface area (Å²) in [6.45, 7) is 0. The van der Waals surface area contributed by atoms with Gasteiger partial charge in [-0.25, -0.2) is 0 Å². The summed E-state index contributed by atoms with van der Waals surface area (Å²) in [5.74, 6) is 0.225. The average molecular weight is 252 g/mol. The number of amides is 1. The van der Waals surface area contributed by atoms with Gasteiger partial charge in [-0.2, -0.15) is 0 Å². The van der Waals surface area contributed by atoms with Crippen LogP contribution in [0.3, 0.4) is 0 Å². The number of alkyl halides is 1. The highest BCUT2D eigenvalue weighted by Gasteiger charge is 2.00. The molecule has 0 unspecified atom stereocenters. The molecule has 1 N–H and O–H groups in total. The molecule has 0 spiro atoms. The number of hydrogen-bond acceptors (Lipinski definition) is 2. The van der Waals surface area contributed by atoms with Crippen molar-refractivity contribution in [2.75, 3.05) is 11.2 Å². The summed E-state index contributed by atoms with van der Waals surface area (Å²) in [5, 5.41) is 2.73. The van der Waals surface area contributed by atoms with Crippen molar-refractivity contribution in [2.45, 2.75) is 12.8 Å². The van der Waals surface area contributed by atoms with E-state index in [9.17, 15) is 9.59 Å². The third-order valence-electron chi connectivity index (χ3n) is 2.06. The molecule has 0 aliphatic carbocycles. The normalized spacial score (nSPS) is 10.4. The molecule has 1 aromatic carbocycles. The number of benzene rings is 1. The van der Waals surface area contributed by atoms with Crippen LogP contribution in [0.5, 0.6) is 0 Å². The average Bonchev–Trinajstić information content (AvgIpc) is 2.32. The molecule has 4 heteroatoms. The summed E-state index contributed by atoms with van der Waals surface area (Å²) in [6, 6.07) is 7.37. The van der Waals surface area contributed by atoms with Gasteiger partial charge in [0, 0.05) is 24.4 Å². The number of anilines is 1. The zero-order valence-corrected chi connectivity index (χ0v) is 10.1. The Hall–Kier alpha value is -1.61. The van der Waals surface area contributed by atoms with Crippen LogP contribution in [-0.2, 0) is 9.59 Å². The van der Waals surface area contributed by atoms with Gasteiger partial charge in [-0.05, 0) is 17.7 Å². The van der Waals surface area contributed by atoms with E-state index in [2.05, 4.69) is 5.32 Å². The number of aldehydes is 1. The lowest BCUT2D eigenvalue weighted by Crippen LogP contribution is -2.11. The lowest BCUT2D eigenvalue weighted by molar-refractivity contribution is -0.115. The summed E-state index contributed by atoms with van der Waals surface area (Å²) in [5.41, 5.74) is 1.73. The number of allylic oxidation sites excluding steroid dienone is 1. The molecule has 1 rings (SSSR count). The fourth-order valence-electron chi connectivity index (χ4n) is 1.25. The van der Waals surface area contributed by atoms with Crippen LogP contribution >= 0.6 is 11.6 Å². The molecule has 0 radical (unpaired) electrons. The second-order valence-electron chi connectivity index (χ2n) is 3.41. The van der Waals surface area contributed by atoms with Crippen molar-refractivity contribution in [1.82, 2.24) is 0 Å². The zero-order chi connectivity index (χ0) is 12.5. The molecule has 3 nitrogen and oxygen atoms in total. The van der Waals surface area contributed by atoms with E-state index < -0.39 is 0 Å². The minimum absolute atomic E-state index is 0.0933. The van der Waals surface area contributed by atoms with Crippen LogP contribution in [0.15, 0.2) is 30.3 Å². The van der Waals surface area contributed by atoms with Crippen molar-refractivity contribution in [3.8, 4) is 0 Å². The van der Waals surface area contributed by atoms with E-state index in [1.54, 1.807) is 6.08 Å². The molecule has 17 heavy (non-hydrogen) atoms. The quantitative estimate of drug-likeness (QED) is 0.624. The van der Waals surface area contributed by atoms with Crippen molar-refractivity contribution in [1.29, 1.82) is 0 Å². The van der Waals surface area contributed by atoms with E-state index in [0.717, 1.165) is 17.5 Å². The SMILES string of the molecule is O=CCC=Cc1ccc(NC(=O)CCCl)cc1. The van der Waals surface area contributed by atoms with Crippen molar-refractivity contribution < 1.29 is 9.59 Å². The molecule has 0 fully saturated rings. The van der Waals surface area contributed by atoms with Crippen LogP contribution in [0.1, 0.15) is 18.4 Å². The molecule has 0 aromatic heterocycles. The molecule has 0 heterocycles. The monoisotopic (exact) mass is 251 g/mol. The summed E-state index contributed by atoms with van der Waals surface area (Å²) in [4.78, 5) is 21.4. The Morgan fingerprint density at radius 1 is 1.29 bits per heavy atom. The van der Waals surface area contributed by atoms with Crippen LogP contribution in [0.4, 0.5) is 5.69 Å². The predicted molar refractivity (Wildman–Crippen MR) is 70.1 cm³/mol. The van der Waals surface area contributed by atoms with E-state index in [-0.39, 0.29) is 5.91 Å². The third-order valence-corrected chi connectivity index (χ3v) is 2.25. The van der Waals surface area contributed by atoms with Gasteiger partial charge >= 0.3 is 0 Å². The van der Waals surface area contributed by atoms with E-state index in [1.807, 2.05) is 30.3 Å². The van der Waals surface area contributed by atoms with Crippen molar-refractivity contribution in [2.24, 2.45) is 0 Å². The molecule has 1 amide bonds. The first-order chi connectivity index (χ1) is 8.26. The minimum Gasteiger partial charge on any atom is -0.326 e. The first-order valence-corrected chi connectivity index (χ1v) is 5.86. The summed E-state index contributed by atoms with van der Waals surface area (Å²) in [6.07, 6.45) is 5.21. The van der Waals surface area contributed by atoms with Crippen molar-refractivity contribution in [3.05, 3.63) is 35.9 Å². The number of hydrogen-bond donors (Lipinski definition) is 1. The number of carbonyl (C=O) groups excluding carboxylic acids is 2. The molecular formula is C13H14ClNO2. The Balaban J connectivity index is 2.55. The van der Waals surface area contributed by atoms with Crippen molar-refractivity contribution in [3.63, 3.8) is 0 Å². The van der Waals surface area contributed by atoms with Gasteiger partial charge in [0.05, 0.1) is 0 Å². The summed E-state index contributed by atoms with van der Waals surface area (Å²) in [7, 11) is 0. The highest BCUT2D eigenvalue weighted by atomic mass is 35.5. The Bertz CT molecular complexity index is 398. The van der Waals surface area contributed by atoms with Crippen LogP contribution in [0.2, 0.25) is 0 Å². The zero-order valence-electron chi connectivity index (χ0n) is 9.36. The highest BCUT2D eigenvalue weighted by molar-refractivity contribution is 6.19. The Morgan fingerprint density at radius 3 is 2.59 bits per heavy atom. The van der Waals surface area contributed by atoms with Gasteiger partial charge in [0.2, 0.25) is 5.91 Å². The van der Waals surface area contributed by atoms with E-state index in [1.165, 1.54) is 0 Å². The van der Waals surface area contributed by atoms with E-state index in [4.69, 9.17) is 11.6 Å². The van der Waals surface area contributed by atoms with E-state index >= 15 is 0 Å². The lowest BCUT2D eigenvalue weighted by atomic mass is 10.2. The van der Waals surface area contributed by atoms with Gasteiger partial charge in [0.15, 0.2) is 0 Å². The molecule has 1 aromatic rings. The molecule has 0 saturated carbocycles. The Kier molecular flexibility index (Phi) is 6.04. The van der Waals surface area contributed by atoms with Crippen LogP contribution in [0.25, 0.3) is 6.08 Å². The topological polar surface area (TPSA) is 46.2 Å². The maximum Gasteiger partial charge on any atom is 0.225 e.